The molecule has 90 valence electrons. The number of methoxy groups -OCH3 is 1. The van der Waals surface area contributed by atoms with Crippen LogP contribution in [0.1, 0.15) is 32.3 Å². The number of esters is 1. The monoisotopic (exact) mass is 224 g/mol. The first-order valence-electron chi connectivity index (χ1n) is 5.48. The maximum absolute atomic E-state index is 10.8. The summed E-state index contributed by atoms with van der Waals surface area (Å²) in [5.74, 6) is 0.0230. The maximum Gasteiger partial charge on any atom is 0.305 e. The van der Waals surface area contributed by atoms with Gasteiger partial charge in [0.15, 0.2) is 0 Å². The number of benzene rings is 1. The molecule has 1 aromatic carbocycles. The van der Waals surface area contributed by atoms with Crippen LogP contribution in [0.15, 0.2) is 24.3 Å². The lowest BCUT2D eigenvalue weighted by molar-refractivity contribution is -0.140. The Morgan fingerprint density at radius 1 is 1.25 bits per heavy atom. The fraction of sp³-hybridized carbons (Fsp3) is 0.462. The van der Waals surface area contributed by atoms with E-state index in [2.05, 4.69) is 18.6 Å². The predicted octanol–water partition coefficient (Wildman–Crippen LogP) is 2.91. The second-order valence-electron chi connectivity index (χ2n) is 3.45. The highest BCUT2D eigenvalue weighted by atomic mass is 16.5. The average molecular weight is 224 g/mol. The van der Waals surface area contributed by atoms with Gasteiger partial charge >= 0.3 is 5.97 Å². The Hall–Kier alpha value is -1.51. The Morgan fingerprint density at radius 3 is 2.19 bits per heavy atom. The van der Waals surface area contributed by atoms with Crippen molar-refractivity contribution in [2.75, 3.05) is 7.11 Å². The van der Waals surface area contributed by atoms with Crippen molar-refractivity contribution < 1.29 is 14.6 Å². The SMILES string of the molecule is CCC.COC(=O)CCc1ccc(O)cc1. The van der Waals surface area contributed by atoms with Gasteiger partial charge in [0.2, 0.25) is 0 Å². The van der Waals surface area contributed by atoms with Gasteiger partial charge in [-0.05, 0) is 24.1 Å². The average Bonchev–Trinajstić information content (AvgIpc) is 2.29. The molecule has 0 radical (unpaired) electrons. The fourth-order valence-electron chi connectivity index (χ4n) is 1.01. The third-order valence-corrected chi connectivity index (χ3v) is 1.78. The normalized spacial score (nSPS) is 8.94. The lowest BCUT2D eigenvalue weighted by Crippen LogP contribution is -2.01. The highest BCUT2D eigenvalue weighted by Crippen LogP contribution is 2.11. The first kappa shape index (κ1) is 14.5. The Bertz CT molecular complexity index is 291. The van der Waals surface area contributed by atoms with Crippen LogP contribution in [-0.2, 0) is 16.0 Å². The standard InChI is InChI=1S/C10H12O3.C3H8/c1-13-10(12)7-4-8-2-5-9(11)6-3-8;1-3-2/h2-3,5-6,11H,4,7H2,1H3;3H2,1-2H3. The molecule has 0 saturated carbocycles. The number of carbonyl (C=O) groups is 1. The molecule has 3 heteroatoms. The minimum Gasteiger partial charge on any atom is -0.508 e. The molecular formula is C13H20O3. The van der Waals surface area contributed by atoms with Crippen molar-refractivity contribution in [2.45, 2.75) is 33.1 Å². The van der Waals surface area contributed by atoms with E-state index in [1.807, 2.05) is 0 Å². The third kappa shape index (κ3) is 6.87. The fourth-order valence-corrected chi connectivity index (χ4v) is 1.01. The van der Waals surface area contributed by atoms with E-state index in [-0.39, 0.29) is 11.7 Å². The van der Waals surface area contributed by atoms with Gasteiger partial charge in [-0.25, -0.2) is 0 Å². The number of hydrogen-bond acceptors (Lipinski definition) is 3. The molecular weight excluding hydrogens is 204 g/mol. The minimum absolute atomic E-state index is 0.215. The summed E-state index contributed by atoms with van der Waals surface area (Å²) >= 11 is 0. The van der Waals surface area contributed by atoms with Crippen LogP contribution >= 0.6 is 0 Å². The number of aryl methyl sites for hydroxylation is 1. The molecule has 0 aromatic heterocycles. The molecule has 0 atom stereocenters. The second-order valence-corrected chi connectivity index (χ2v) is 3.45. The van der Waals surface area contributed by atoms with E-state index in [0.717, 1.165) is 5.56 Å². The Morgan fingerprint density at radius 2 is 1.75 bits per heavy atom. The number of hydrogen-bond donors (Lipinski definition) is 1. The molecule has 0 amide bonds. The summed E-state index contributed by atoms with van der Waals surface area (Å²) in [5.41, 5.74) is 1.02. The highest BCUT2D eigenvalue weighted by Gasteiger charge is 2.00. The molecule has 0 unspecified atom stereocenters. The summed E-state index contributed by atoms with van der Waals surface area (Å²) in [6, 6.07) is 6.79. The highest BCUT2D eigenvalue weighted by molar-refractivity contribution is 5.69. The first-order valence-corrected chi connectivity index (χ1v) is 5.48. The van der Waals surface area contributed by atoms with Crippen LogP contribution in [0.3, 0.4) is 0 Å². The quantitative estimate of drug-likeness (QED) is 0.803. The molecule has 0 saturated heterocycles. The van der Waals surface area contributed by atoms with Crippen molar-refractivity contribution >= 4 is 5.97 Å². The smallest absolute Gasteiger partial charge is 0.305 e. The van der Waals surface area contributed by atoms with Gasteiger partial charge in [0.1, 0.15) is 5.75 Å². The van der Waals surface area contributed by atoms with Crippen LogP contribution in [0.5, 0.6) is 5.75 Å². The van der Waals surface area contributed by atoms with E-state index in [9.17, 15) is 4.79 Å². The topological polar surface area (TPSA) is 46.5 Å². The van der Waals surface area contributed by atoms with E-state index in [4.69, 9.17) is 5.11 Å². The summed E-state index contributed by atoms with van der Waals surface area (Å²) in [5, 5.41) is 8.99. The second kappa shape index (κ2) is 8.77. The van der Waals surface area contributed by atoms with Gasteiger partial charge in [-0.2, -0.15) is 0 Å². The lowest BCUT2D eigenvalue weighted by atomic mass is 10.1. The molecule has 0 aliphatic heterocycles. The van der Waals surface area contributed by atoms with Crippen LogP contribution in [-0.4, -0.2) is 18.2 Å². The Labute approximate surface area is 97.1 Å². The van der Waals surface area contributed by atoms with Gasteiger partial charge in [-0.1, -0.05) is 32.4 Å². The van der Waals surface area contributed by atoms with Gasteiger partial charge in [-0.15, -0.1) is 0 Å². The van der Waals surface area contributed by atoms with Gasteiger partial charge < -0.3 is 9.84 Å². The van der Waals surface area contributed by atoms with Gasteiger partial charge in [-0.3, -0.25) is 4.79 Å². The van der Waals surface area contributed by atoms with Crippen molar-refractivity contribution in [3.8, 4) is 5.75 Å². The maximum atomic E-state index is 10.8. The van der Waals surface area contributed by atoms with Crippen LogP contribution in [0.25, 0.3) is 0 Å². The summed E-state index contributed by atoms with van der Waals surface area (Å²) in [7, 11) is 1.37. The zero-order valence-corrected chi connectivity index (χ0v) is 10.2. The number of phenols is 1. The summed E-state index contributed by atoms with van der Waals surface area (Å²) in [6.07, 6.45) is 2.27. The molecule has 0 aliphatic carbocycles. The number of phenolic OH excluding ortho intramolecular Hbond substituents is 1. The molecule has 1 rings (SSSR count). The van der Waals surface area contributed by atoms with Crippen molar-refractivity contribution in [1.29, 1.82) is 0 Å². The van der Waals surface area contributed by atoms with Gasteiger partial charge in [0.05, 0.1) is 7.11 Å². The Balaban J connectivity index is 0.000000673. The van der Waals surface area contributed by atoms with Crippen LogP contribution in [0, 0.1) is 0 Å². The number of rotatable bonds is 3. The molecule has 1 N–H and O–H groups in total. The Kier molecular flexibility index (Phi) is 7.94. The number of ether oxygens (including phenoxy) is 1. The predicted molar refractivity (Wildman–Crippen MR) is 64.4 cm³/mol. The van der Waals surface area contributed by atoms with Crippen LogP contribution < -0.4 is 0 Å². The van der Waals surface area contributed by atoms with Crippen molar-refractivity contribution in [3.05, 3.63) is 29.8 Å². The van der Waals surface area contributed by atoms with E-state index in [0.29, 0.717) is 12.8 Å². The van der Waals surface area contributed by atoms with Crippen molar-refractivity contribution in [2.24, 2.45) is 0 Å². The van der Waals surface area contributed by atoms with Crippen LogP contribution in [0.4, 0.5) is 0 Å². The van der Waals surface area contributed by atoms with E-state index >= 15 is 0 Å². The van der Waals surface area contributed by atoms with E-state index < -0.39 is 0 Å². The first-order chi connectivity index (χ1) is 7.63. The molecule has 0 fully saturated rings. The van der Waals surface area contributed by atoms with Gasteiger partial charge in [0, 0.05) is 6.42 Å². The molecule has 0 bridgehead atoms. The lowest BCUT2D eigenvalue weighted by Gasteiger charge is -2.00. The molecule has 0 spiro atoms. The van der Waals surface area contributed by atoms with Crippen molar-refractivity contribution in [3.63, 3.8) is 0 Å². The zero-order chi connectivity index (χ0) is 12.4. The molecule has 0 heterocycles. The number of carbonyl (C=O) groups excluding carboxylic acids is 1. The van der Waals surface area contributed by atoms with E-state index in [1.54, 1.807) is 24.3 Å². The molecule has 1 aromatic rings. The third-order valence-electron chi connectivity index (χ3n) is 1.78. The molecule has 0 aliphatic rings. The zero-order valence-electron chi connectivity index (χ0n) is 10.2. The van der Waals surface area contributed by atoms with Gasteiger partial charge in [0.25, 0.3) is 0 Å². The minimum atomic E-state index is -0.215. The van der Waals surface area contributed by atoms with Crippen LogP contribution in [0.2, 0.25) is 0 Å². The van der Waals surface area contributed by atoms with E-state index in [1.165, 1.54) is 13.5 Å². The summed E-state index contributed by atoms with van der Waals surface area (Å²) < 4.78 is 4.51. The molecule has 3 nitrogen and oxygen atoms in total. The summed E-state index contributed by atoms with van der Waals surface area (Å²) in [6.45, 7) is 4.25. The summed E-state index contributed by atoms with van der Waals surface area (Å²) in [4.78, 5) is 10.8. The molecule has 16 heavy (non-hydrogen) atoms. The van der Waals surface area contributed by atoms with Crippen molar-refractivity contribution in [1.82, 2.24) is 0 Å². The number of aromatic hydroxyl groups is 1. The largest absolute Gasteiger partial charge is 0.508 e.